The number of carbonyl (C=O) groups excluding carboxylic acids is 2. The summed E-state index contributed by atoms with van der Waals surface area (Å²) in [5.74, 6) is 0.963. The highest BCUT2D eigenvalue weighted by Gasteiger charge is 2.31. The highest BCUT2D eigenvalue weighted by molar-refractivity contribution is 6.00. The number of hydrogen-bond donors (Lipinski definition) is 1. The summed E-state index contributed by atoms with van der Waals surface area (Å²) in [7, 11) is 0. The summed E-state index contributed by atoms with van der Waals surface area (Å²) in [4.78, 5) is 25.7. The number of amides is 2. The molecule has 1 heterocycles. The molecule has 0 bridgehead atoms. The van der Waals surface area contributed by atoms with Crippen LogP contribution in [0.25, 0.3) is 0 Å². The lowest BCUT2D eigenvalue weighted by atomic mass is 10.1. The van der Waals surface area contributed by atoms with Gasteiger partial charge in [-0.25, -0.2) is 0 Å². The first-order valence-electron chi connectivity index (χ1n) is 7.32. The number of carbonyl (C=O) groups is 2. The van der Waals surface area contributed by atoms with Crippen LogP contribution in [0, 0.1) is 5.92 Å². The minimum atomic E-state index is -0.515. The summed E-state index contributed by atoms with van der Waals surface area (Å²) in [6.45, 7) is 6.84. The van der Waals surface area contributed by atoms with Crippen LogP contribution in [0.3, 0.4) is 0 Å². The third-order valence-electron chi connectivity index (χ3n) is 3.34. The molecule has 1 aliphatic rings. The van der Waals surface area contributed by atoms with Crippen molar-refractivity contribution in [2.24, 2.45) is 5.92 Å². The van der Waals surface area contributed by atoms with Gasteiger partial charge in [0, 0.05) is 19.5 Å². The largest absolute Gasteiger partial charge is 0.479 e. The van der Waals surface area contributed by atoms with E-state index in [1.807, 2.05) is 38.1 Å². The number of anilines is 1. The minimum absolute atomic E-state index is 0.0341. The molecule has 5 heteroatoms. The van der Waals surface area contributed by atoms with Crippen molar-refractivity contribution in [1.29, 1.82) is 0 Å². The molecule has 0 spiro atoms. The number of nitrogens with zero attached hydrogens (tertiary/aromatic N) is 1. The van der Waals surface area contributed by atoms with Gasteiger partial charge in [-0.3, -0.25) is 9.59 Å². The Balaban J connectivity index is 2.02. The van der Waals surface area contributed by atoms with Crippen LogP contribution in [-0.2, 0) is 9.59 Å². The van der Waals surface area contributed by atoms with E-state index in [2.05, 4.69) is 5.32 Å². The van der Waals surface area contributed by atoms with E-state index in [0.717, 1.165) is 5.69 Å². The maximum Gasteiger partial charge on any atom is 0.267 e. The maximum absolute atomic E-state index is 12.2. The fourth-order valence-corrected chi connectivity index (χ4v) is 2.21. The van der Waals surface area contributed by atoms with E-state index in [-0.39, 0.29) is 11.8 Å². The normalized spacial score (nSPS) is 17.4. The van der Waals surface area contributed by atoms with Crippen molar-refractivity contribution in [3.8, 4) is 5.75 Å². The average Bonchev–Trinajstić information content (AvgIpc) is 2.45. The number of fused-ring (bicyclic) bond motifs is 1. The van der Waals surface area contributed by atoms with Gasteiger partial charge in [-0.1, -0.05) is 26.0 Å². The van der Waals surface area contributed by atoms with Gasteiger partial charge in [0.2, 0.25) is 5.91 Å². The molecule has 0 radical (unpaired) electrons. The Morgan fingerprint density at radius 1 is 1.38 bits per heavy atom. The number of para-hydroxylation sites is 2. The van der Waals surface area contributed by atoms with Gasteiger partial charge < -0.3 is 15.0 Å². The molecule has 0 saturated carbocycles. The van der Waals surface area contributed by atoms with Gasteiger partial charge in [-0.05, 0) is 25.0 Å². The quantitative estimate of drug-likeness (QED) is 0.902. The van der Waals surface area contributed by atoms with Crippen molar-refractivity contribution < 1.29 is 14.3 Å². The topological polar surface area (TPSA) is 58.6 Å². The number of ether oxygens (including phenoxy) is 1. The molecule has 1 aromatic rings. The molecule has 0 aromatic heterocycles. The molecule has 1 aromatic carbocycles. The Kier molecular flexibility index (Phi) is 4.83. The van der Waals surface area contributed by atoms with E-state index < -0.39 is 6.10 Å². The van der Waals surface area contributed by atoms with Gasteiger partial charge in [0.05, 0.1) is 5.69 Å². The average molecular weight is 290 g/mol. The Morgan fingerprint density at radius 2 is 2.10 bits per heavy atom. The van der Waals surface area contributed by atoms with Gasteiger partial charge in [0.15, 0.2) is 6.10 Å². The first kappa shape index (κ1) is 15.4. The number of rotatable bonds is 5. The Hall–Kier alpha value is -2.04. The predicted octanol–water partition coefficient (Wildman–Crippen LogP) is 1.96. The lowest BCUT2D eigenvalue weighted by molar-refractivity contribution is -0.125. The third kappa shape index (κ3) is 3.74. The van der Waals surface area contributed by atoms with Gasteiger partial charge in [-0.2, -0.15) is 0 Å². The summed E-state index contributed by atoms with van der Waals surface area (Å²) < 4.78 is 5.57. The molecule has 1 atom stereocenters. The van der Waals surface area contributed by atoms with E-state index >= 15 is 0 Å². The van der Waals surface area contributed by atoms with Gasteiger partial charge in [0.25, 0.3) is 5.91 Å². The summed E-state index contributed by atoms with van der Waals surface area (Å²) in [5.41, 5.74) is 0.734. The fourth-order valence-electron chi connectivity index (χ4n) is 2.21. The summed E-state index contributed by atoms with van der Waals surface area (Å²) >= 11 is 0. The smallest absolute Gasteiger partial charge is 0.267 e. The van der Waals surface area contributed by atoms with Crippen LogP contribution < -0.4 is 15.0 Å². The molecule has 1 N–H and O–H groups in total. The highest BCUT2D eigenvalue weighted by Crippen LogP contribution is 2.33. The lowest BCUT2D eigenvalue weighted by Gasteiger charge is -2.32. The van der Waals surface area contributed by atoms with Crippen LogP contribution in [0.15, 0.2) is 24.3 Å². The van der Waals surface area contributed by atoms with E-state index in [1.165, 1.54) is 0 Å². The Morgan fingerprint density at radius 3 is 2.81 bits per heavy atom. The monoisotopic (exact) mass is 290 g/mol. The molecule has 1 aliphatic heterocycles. The molecule has 0 fully saturated rings. The summed E-state index contributed by atoms with van der Waals surface area (Å²) in [6, 6.07) is 7.40. The fraction of sp³-hybridized carbons (Fsp3) is 0.500. The Bertz CT molecular complexity index is 528. The zero-order chi connectivity index (χ0) is 15.4. The standard InChI is InChI=1S/C16H22N2O3/c1-11(2)10-17-15(19)8-9-18-13-6-4-5-7-14(13)21-12(3)16(18)20/h4-7,11-12H,8-10H2,1-3H3,(H,17,19). The summed E-state index contributed by atoms with van der Waals surface area (Å²) in [6.07, 6.45) is -0.224. The molecule has 2 rings (SSSR count). The van der Waals surface area contributed by atoms with Crippen molar-refractivity contribution in [1.82, 2.24) is 5.32 Å². The number of hydrogen-bond acceptors (Lipinski definition) is 3. The zero-order valence-corrected chi connectivity index (χ0v) is 12.8. The first-order valence-corrected chi connectivity index (χ1v) is 7.32. The van der Waals surface area contributed by atoms with Crippen molar-refractivity contribution in [2.75, 3.05) is 18.0 Å². The van der Waals surface area contributed by atoms with Crippen LogP contribution in [0.1, 0.15) is 27.2 Å². The van der Waals surface area contributed by atoms with E-state index in [1.54, 1.807) is 11.8 Å². The Labute approximate surface area is 125 Å². The molecular formula is C16H22N2O3. The van der Waals surface area contributed by atoms with Crippen LogP contribution in [-0.4, -0.2) is 31.0 Å². The second-order valence-electron chi connectivity index (χ2n) is 5.67. The molecule has 1 unspecified atom stereocenters. The van der Waals surface area contributed by atoms with E-state index in [0.29, 0.717) is 31.2 Å². The lowest BCUT2D eigenvalue weighted by Crippen LogP contribution is -2.45. The summed E-state index contributed by atoms with van der Waals surface area (Å²) in [5, 5.41) is 2.86. The number of nitrogens with one attached hydrogen (secondary N) is 1. The zero-order valence-electron chi connectivity index (χ0n) is 12.8. The third-order valence-corrected chi connectivity index (χ3v) is 3.34. The van der Waals surface area contributed by atoms with Crippen LogP contribution in [0.4, 0.5) is 5.69 Å². The van der Waals surface area contributed by atoms with Crippen molar-refractivity contribution >= 4 is 17.5 Å². The molecule has 114 valence electrons. The first-order chi connectivity index (χ1) is 9.99. The van der Waals surface area contributed by atoms with Crippen LogP contribution >= 0.6 is 0 Å². The van der Waals surface area contributed by atoms with Crippen molar-refractivity contribution in [2.45, 2.75) is 33.3 Å². The predicted molar refractivity (Wildman–Crippen MR) is 81.3 cm³/mol. The minimum Gasteiger partial charge on any atom is -0.479 e. The van der Waals surface area contributed by atoms with Crippen LogP contribution in [0.5, 0.6) is 5.75 Å². The van der Waals surface area contributed by atoms with Gasteiger partial charge >= 0.3 is 0 Å². The molecule has 21 heavy (non-hydrogen) atoms. The van der Waals surface area contributed by atoms with Gasteiger partial charge in [0.1, 0.15) is 5.75 Å². The molecule has 0 saturated heterocycles. The van der Waals surface area contributed by atoms with E-state index in [9.17, 15) is 9.59 Å². The molecule has 5 nitrogen and oxygen atoms in total. The van der Waals surface area contributed by atoms with Gasteiger partial charge in [-0.15, -0.1) is 0 Å². The van der Waals surface area contributed by atoms with Crippen molar-refractivity contribution in [3.63, 3.8) is 0 Å². The number of benzene rings is 1. The van der Waals surface area contributed by atoms with Crippen LogP contribution in [0.2, 0.25) is 0 Å². The second-order valence-corrected chi connectivity index (χ2v) is 5.67. The highest BCUT2D eigenvalue weighted by atomic mass is 16.5. The molecular weight excluding hydrogens is 268 g/mol. The second kappa shape index (κ2) is 6.61. The van der Waals surface area contributed by atoms with E-state index in [4.69, 9.17) is 4.74 Å². The van der Waals surface area contributed by atoms with Crippen molar-refractivity contribution in [3.05, 3.63) is 24.3 Å². The maximum atomic E-state index is 12.2. The molecule has 0 aliphatic carbocycles. The SMILES string of the molecule is CC(C)CNC(=O)CCN1C(=O)C(C)Oc2ccccc21. The molecule has 2 amide bonds.